The lowest BCUT2D eigenvalue weighted by Crippen LogP contribution is -2.09. The van der Waals surface area contributed by atoms with Crippen LogP contribution >= 0.6 is 0 Å². The van der Waals surface area contributed by atoms with E-state index in [1.165, 1.54) is 42.4 Å². The van der Waals surface area contributed by atoms with Gasteiger partial charge in [0.05, 0.1) is 5.69 Å². The van der Waals surface area contributed by atoms with Gasteiger partial charge in [-0.2, -0.15) is 0 Å². The van der Waals surface area contributed by atoms with Gasteiger partial charge in [-0.25, -0.2) is 0 Å². The summed E-state index contributed by atoms with van der Waals surface area (Å²) in [6.07, 6.45) is 12.0. The number of nitrogens with zero attached hydrogens (tertiary/aromatic N) is 1. The molecular weight excluding hydrogens is 266 g/mol. The van der Waals surface area contributed by atoms with E-state index in [2.05, 4.69) is 67.4 Å². The van der Waals surface area contributed by atoms with Crippen LogP contribution in [0.2, 0.25) is 0 Å². The van der Waals surface area contributed by atoms with E-state index < -0.39 is 0 Å². The zero-order valence-corrected chi connectivity index (χ0v) is 13.6. The van der Waals surface area contributed by atoms with E-state index in [9.17, 15) is 0 Å². The number of pyridine rings is 1. The van der Waals surface area contributed by atoms with Crippen molar-refractivity contribution in [2.45, 2.75) is 39.5 Å². The number of hydrogen-bond donors (Lipinski definition) is 0. The molecule has 0 aliphatic heterocycles. The van der Waals surface area contributed by atoms with Crippen molar-refractivity contribution in [3.63, 3.8) is 0 Å². The van der Waals surface area contributed by atoms with E-state index in [-0.39, 0.29) is 0 Å². The van der Waals surface area contributed by atoms with Crippen LogP contribution in [0, 0.1) is 18.8 Å². The third kappa shape index (κ3) is 3.85. The lowest BCUT2D eigenvalue weighted by atomic mass is 9.83. The van der Waals surface area contributed by atoms with Gasteiger partial charge in [0, 0.05) is 11.8 Å². The molecule has 0 N–H and O–H groups in total. The molecule has 1 aromatic heterocycles. The molecule has 1 saturated carbocycles. The predicted molar refractivity (Wildman–Crippen MR) is 94.6 cm³/mol. The van der Waals surface area contributed by atoms with E-state index in [0.29, 0.717) is 0 Å². The Bertz CT molecular complexity index is 614. The Morgan fingerprint density at radius 3 is 2.32 bits per heavy atom. The molecule has 0 bridgehead atoms. The maximum atomic E-state index is 4.60. The first-order chi connectivity index (χ1) is 10.7. The summed E-state index contributed by atoms with van der Waals surface area (Å²) < 4.78 is 0. The molecule has 1 aromatic carbocycles. The molecule has 0 radical (unpaired) electrons. The molecule has 1 heteroatoms. The van der Waals surface area contributed by atoms with E-state index in [1.807, 2.05) is 6.20 Å². The van der Waals surface area contributed by atoms with Crippen molar-refractivity contribution >= 4 is 6.08 Å². The molecular formula is C21H25N. The molecule has 1 aliphatic carbocycles. The third-order valence-electron chi connectivity index (χ3n) is 4.76. The Hall–Kier alpha value is -1.89. The number of aromatic nitrogens is 1. The van der Waals surface area contributed by atoms with Crippen LogP contribution in [0.25, 0.3) is 17.3 Å². The van der Waals surface area contributed by atoms with Gasteiger partial charge >= 0.3 is 0 Å². The molecule has 0 spiro atoms. The molecule has 0 amide bonds. The van der Waals surface area contributed by atoms with Crippen LogP contribution in [-0.2, 0) is 0 Å². The predicted octanol–water partition coefficient (Wildman–Crippen LogP) is 5.90. The fourth-order valence-electron chi connectivity index (χ4n) is 3.12. The summed E-state index contributed by atoms with van der Waals surface area (Å²) in [5.74, 6) is 1.67. The van der Waals surface area contributed by atoms with Gasteiger partial charge in [0.2, 0.25) is 0 Å². The summed E-state index contributed by atoms with van der Waals surface area (Å²) in [5, 5.41) is 0. The zero-order chi connectivity index (χ0) is 15.4. The molecule has 3 rings (SSSR count). The summed E-state index contributed by atoms with van der Waals surface area (Å²) in [7, 11) is 0. The molecule has 0 saturated heterocycles. The minimum atomic E-state index is 0.757. The first kappa shape index (κ1) is 15.0. The average molecular weight is 291 g/mol. The molecule has 2 aromatic rings. The van der Waals surface area contributed by atoms with Gasteiger partial charge in [0.15, 0.2) is 0 Å². The summed E-state index contributed by atoms with van der Waals surface area (Å²) in [6.45, 7) is 4.48. The van der Waals surface area contributed by atoms with E-state index in [0.717, 1.165) is 17.5 Å². The largest absolute Gasteiger partial charge is 0.256 e. The number of hydrogen-bond acceptors (Lipinski definition) is 1. The van der Waals surface area contributed by atoms with Crippen molar-refractivity contribution in [3.05, 3.63) is 59.8 Å². The van der Waals surface area contributed by atoms with Crippen molar-refractivity contribution in [3.8, 4) is 11.3 Å². The molecule has 114 valence electrons. The van der Waals surface area contributed by atoms with Crippen molar-refractivity contribution in [2.75, 3.05) is 0 Å². The molecule has 0 unspecified atom stereocenters. The fourth-order valence-corrected chi connectivity index (χ4v) is 3.12. The Morgan fingerprint density at radius 2 is 1.68 bits per heavy atom. The number of aryl methyl sites for hydroxylation is 1. The summed E-state index contributed by atoms with van der Waals surface area (Å²) in [6, 6.07) is 12.8. The van der Waals surface area contributed by atoms with Crippen LogP contribution in [0.4, 0.5) is 0 Å². The monoisotopic (exact) mass is 291 g/mol. The fraction of sp³-hybridized carbons (Fsp3) is 0.381. The summed E-state index contributed by atoms with van der Waals surface area (Å²) in [5.41, 5.74) is 4.71. The van der Waals surface area contributed by atoms with E-state index >= 15 is 0 Å². The van der Waals surface area contributed by atoms with Crippen molar-refractivity contribution < 1.29 is 0 Å². The Morgan fingerprint density at radius 1 is 0.955 bits per heavy atom. The van der Waals surface area contributed by atoms with Gasteiger partial charge in [-0.3, -0.25) is 4.98 Å². The van der Waals surface area contributed by atoms with Crippen LogP contribution < -0.4 is 0 Å². The quantitative estimate of drug-likeness (QED) is 0.686. The highest BCUT2D eigenvalue weighted by atomic mass is 14.7. The Labute approximate surface area is 134 Å². The van der Waals surface area contributed by atoms with Gasteiger partial charge < -0.3 is 0 Å². The molecule has 0 atom stereocenters. The van der Waals surface area contributed by atoms with Crippen LogP contribution in [0.1, 0.15) is 43.7 Å². The SMILES string of the molecule is Cc1ccc(-c2ccc(C=CC3CCC(C)CC3)cn2)cc1. The highest BCUT2D eigenvalue weighted by Crippen LogP contribution is 2.29. The van der Waals surface area contributed by atoms with Crippen LogP contribution in [0.3, 0.4) is 0 Å². The second-order valence-corrected chi connectivity index (χ2v) is 6.72. The summed E-state index contributed by atoms with van der Waals surface area (Å²) >= 11 is 0. The van der Waals surface area contributed by atoms with Gasteiger partial charge in [-0.05, 0) is 43.2 Å². The smallest absolute Gasteiger partial charge is 0.0702 e. The zero-order valence-electron chi connectivity index (χ0n) is 13.6. The van der Waals surface area contributed by atoms with Gasteiger partial charge in [-0.1, -0.05) is 67.8 Å². The van der Waals surface area contributed by atoms with Gasteiger partial charge in [0.25, 0.3) is 0 Å². The first-order valence-corrected chi connectivity index (χ1v) is 8.42. The highest BCUT2D eigenvalue weighted by molar-refractivity contribution is 5.61. The molecule has 1 heterocycles. The second-order valence-electron chi connectivity index (χ2n) is 6.72. The van der Waals surface area contributed by atoms with E-state index in [1.54, 1.807) is 0 Å². The maximum Gasteiger partial charge on any atom is 0.0702 e. The first-order valence-electron chi connectivity index (χ1n) is 8.42. The van der Waals surface area contributed by atoms with Gasteiger partial charge in [-0.15, -0.1) is 0 Å². The molecule has 1 aliphatic rings. The lowest BCUT2D eigenvalue weighted by Gasteiger charge is -2.23. The molecule has 1 nitrogen and oxygen atoms in total. The highest BCUT2D eigenvalue weighted by Gasteiger charge is 2.15. The van der Waals surface area contributed by atoms with Crippen molar-refractivity contribution in [1.82, 2.24) is 4.98 Å². The topological polar surface area (TPSA) is 12.9 Å². The van der Waals surface area contributed by atoms with Crippen LogP contribution in [-0.4, -0.2) is 4.98 Å². The minimum absolute atomic E-state index is 0.757. The Balaban J connectivity index is 1.65. The minimum Gasteiger partial charge on any atom is -0.256 e. The van der Waals surface area contributed by atoms with Gasteiger partial charge in [0.1, 0.15) is 0 Å². The Kier molecular flexibility index (Phi) is 4.72. The number of benzene rings is 1. The summed E-state index contributed by atoms with van der Waals surface area (Å²) in [4.78, 5) is 4.60. The maximum absolute atomic E-state index is 4.60. The normalized spacial score (nSPS) is 22.1. The average Bonchev–Trinajstić information content (AvgIpc) is 2.56. The standard InChI is InChI=1S/C21H25N/c1-16-3-7-18(8-4-16)9-10-19-11-14-21(22-15-19)20-12-5-17(2)6-13-20/h5-6,9-16,18H,3-4,7-8H2,1-2H3. The second kappa shape index (κ2) is 6.91. The number of allylic oxidation sites excluding steroid dienone is 1. The molecule has 22 heavy (non-hydrogen) atoms. The third-order valence-corrected chi connectivity index (χ3v) is 4.76. The van der Waals surface area contributed by atoms with Crippen molar-refractivity contribution in [1.29, 1.82) is 0 Å². The molecule has 1 fully saturated rings. The lowest BCUT2D eigenvalue weighted by molar-refractivity contribution is 0.331. The van der Waals surface area contributed by atoms with Crippen molar-refractivity contribution in [2.24, 2.45) is 11.8 Å². The van der Waals surface area contributed by atoms with Crippen LogP contribution in [0.15, 0.2) is 48.7 Å². The number of rotatable bonds is 3. The van der Waals surface area contributed by atoms with Crippen LogP contribution in [0.5, 0.6) is 0 Å². The van der Waals surface area contributed by atoms with E-state index in [4.69, 9.17) is 0 Å².